The van der Waals surface area contributed by atoms with Crippen LogP contribution in [0.4, 0.5) is 5.95 Å². The molecule has 2 aromatic rings. The van der Waals surface area contributed by atoms with Crippen molar-refractivity contribution in [3.05, 3.63) is 24.3 Å². The molecule has 1 aromatic heterocycles. The second-order valence-electron chi connectivity index (χ2n) is 3.71. The van der Waals surface area contributed by atoms with Crippen LogP contribution in [0.15, 0.2) is 24.3 Å². The molecule has 0 bridgehead atoms. The van der Waals surface area contributed by atoms with Crippen molar-refractivity contribution >= 4 is 23.0 Å². The number of benzene rings is 1. The van der Waals surface area contributed by atoms with Crippen LogP contribution in [0.2, 0.25) is 0 Å². The quantitative estimate of drug-likeness (QED) is 0.839. The molecular formula is C11H13N3O2. The van der Waals surface area contributed by atoms with Crippen LogP contribution in [0.25, 0.3) is 11.0 Å². The number of aromatic nitrogens is 2. The van der Waals surface area contributed by atoms with Gasteiger partial charge in [-0.25, -0.2) is 4.98 Å². The van der Waals surface area contributed by atoms with E-state index in [2.05, 4.69) is 4.98 Å². The molecule has 0 aliphatic rings. The Bertz CT molecular complexity index is 533. The number of hydrogen-bond acceptors (Lipinski definition) is 3. The number of carbonyl (C=O) groups is 1. The highest BCUT2D eigenvalue weighted by Gasteiger charge is 2.13. The average Bonchev–Trinajstić information content (AvgIpc) is 2.56. The number of para-hydroxylation sites is 2. The summed E-state index contributed by atoms with van der Waals surface area (Å²) in [5, 5.41) is 8.73. The van der Waals surface area contributed by atoms with Gasteiger partial charge in [0.25, 0.3) is 0 Å². The van der Waals surface area contributed by atoms with Gasteiger partial charge < -0.3 is 14.6 Å². The van der Waals surface area contributed by atoms with Gasteiger partial charge in [0, 0.05) is 14.1 Å². The van der Waals surface area contributed by atoms with E-state index in [0.717, 1.165) is 11.0 Å². The molecule has 1 heterocycles. The summed E-state index contributed by atoms with van der Waals surface area (Å²) in [5.74, 6) is -0.210. The molecule has 0 amide bonds. The van der Waals surface area contributed by atoms with Crippen molar-refractivity contribution in [3.8, 4) is 0 Å². The Labute approximate surface area is 92.9 Å². The summed E-state index contributed by atoms with van der Waals surface area (Å²) in [7, 11) is 3.60. The minimum absolute atomic E-state index is 0.0584. The van der Waals surface area contributed by atoms with Crippen LogP contribution >= 0.6 is 0 Å². The van der Waals surface area contributed by atoms with E-state index < -0.39 is 5.97 Å². The SMILES string of the molecule is CN(CC(=O)O)c1nc2ccccc2n1C. The molecule has 5 nitrogen and oxygen atoms in total. The van der Waals surface area contributed by atoms with Gasteiger partial charge in [0.15, 0.2) is 0 Å². The molecule has 5 heteroatoms. The van der Waals surface area contributed by atoms with Gasteiger partial charge in [-0.3, -0.25) is 4.79 Å². The Hall–Kier alpha value is -2.04. The fraction of sp³-hybridized carbons (Fsp3) is 0.273. The number of imidazole rings is 1. The third kappa shape index (κ3) is 1.71. The summed E-state index contributed by atoms with van der Waals surface area (Å²) >= 11 is 0. The number of nitrogens with zero attached hydrogens (tertiary/aromatic N) is 3. The van der Waals surface area contributed by atoms with Crippen LogP contribution in [0, 0.1) is 0 Å². The van der Waals surface area contributed by atoms with E-state index in [4.69, 9.17) is 5.11 Å². The maximum atomic E-state index is 10.6. The standard InChI is InChI=1S/C11H13N3O2/c1-13(7-10(15)16)11-12-8-5-3-4-6-9(8)14(11)2/h3-6H,7H2,1-2H3,(H,15,16). The van der Waals surface area contributed by atoms with Crippen LogP contribution in [-0.2, 0) is 11.8 Å². The highest BCUT2D eigenvalue weighted by atomic mass is 16.4. The summed E-state index contributed by atoms with van der Waals surface area (Å²) in [4.78, 5) is 16.6. The molecule has 0 spiro atoms. The zero-order valence-corrected chi connectivity index (χ0v) is 9.21. The lowest BCUT2D eigenvalue weighted by Gasteiger charge is -2.15. The van der Waals surface area contributed by atoms with Gasteiger partial charge in [-0.1, -0.05) is 12.1 Å². The number of carboxylic acids is 1. The minimum atomic E-state index is -0.866. The number of likely N-dealkylation sites (N-methyl/N-ethyl adjacent to an activating group) is 1. The van der Waals surface area contributed by atoms with E-state index in [-0.39, 0.29) is 6.54 Å². The maximum Gasteiger partial charge on any atom is 0.323 e. The largest absolute Gasteiger partial charge is 0.480 e. The third-order valence-electron chi connectivity index (χ3n) is 2.48. The van der Waals surface area contributed by atoms with E-state index >= 15 is 0 Å². The lowest BCUT2D eigenvalue weighted by atomic mass is 10.3. The summed E-state index contributed by atoms with van der Waals surface area (Å²) in [6.07, 6.45) is 0. The highest BCUT2D eigenvalue weighted by molar-refractivity contribution is 5.80. The minimum Gasteiger partial charge on any atom is -0.480 e. The fourth-order valence-corrected chi connectivity index (χ4v) is 1.75. The second-order valence-corrected chi connectivity index (χ2v) is 3.71. The van der Waals surface area contributed by atoms with Gasteiger partial charge in [0.05, 0.1) is 11.0 Å². The molecule has 84 valence electrons. The fourth-order valence-electron chi connectivity index (χ4n) is 1.75. The monoisotopic (exact) mass is 219 g/mol. The van der Waals surface area contributed by atoms with Crippen molar-refractivity contribution in [3.63, 3.8) is 0 Å². The predicted octanol–water partition coefficient (Wildman–Crippen LogP) is 1.09. The molecule has 0 atom stereocenters. The number of carboxylic acid groups (broad SMARTS) is 1. The number of hydrogen-bond donors (Lipinski definition) is 1. The average molecular weight is 219 g/mol. The first-order valence-corrected chi connectivity index (χ1v) is 4.94. The maximum absolute atomic E-state index is 10.6. The van der Waals surface area contributed by atoms with Crippen LogP contribution in [-0.4, -0.2) is 34.2 Å². The number of aliphatic carboxylic acids is 1. The summed E-state index contributed by atoms with van der Waals surface area (Å²) in [5.41, 5.74) is 1.87. The second kappa shape index (κ2) is 3.84. The molecule has 0 radical (unpaired) electrons. The van der Waals surface area contributed by atoms with Crippen LogP contribution < -0.4 is 4.90 Å². The smallest absolute Gasteiger partial charge is 0.323 e. The van der Waals surface area contributed by atoms with Gasteiger partial charge in [-0.2, -0.15) is 0 Å². The molecule has 0 saturated carbocycles. The van der Waals surface area contributed by atoms with Crippen molar-refractivity contribution in [2.45, 2.75) is 0 Å². The third-order valence-corrected chi connectivity index (χ3v) is 2.48. The first-order chi connectivity index (χ1) is 7.59. The predicted molar refractivity (Wildman–Crippen MR) is 61.6 cm³/mol. The first-order valence-electron chi connectivity index (χ1n) is 4.94. The zero-order chi connectivity index (χ0) is 11.7. The first kappa shape index (κ1) is 10.5. The van der Waals surface area contributed by atoms with Gasteiger partial charge in [-0.15, -0.1) is 0 Å². The number of rotatable bonds is 3. The van der Waals surface area contributed by atoms with Crippen molar-refractivity contribution in [1.82, 2.24) is 9.55 Å². The van der Waals surface area contributed by atoms with Crippen LogP contribution in [0.1, 0.15) is 0 Å². The molecule has 2 rings (SSSR count). The van der Waals surface area contributed by atoms with E-state index in [1.165, 1.54) is 0 Å². The lowest BCUT2D eigenvalue weighted by Crippen LogP contribution is -2.27. The molecule has 0 saturated heterocycles. The van der Waals surface area contributed by atoms with Crippen molar-refractivity contribution in [2.75, 3.05) is 18.5 Å². The summed E-state index contributed by atoms with van der Waals surface area (Å²) in [6.45, 7) is -0.0584. The summed E-state index contributed by atoms with van der Waals surface area (Å²) < 4.78 is 1.89. The molecular weight excluding hydrogens is 206 g/mol. The van der Waals surface area contributed by atoms with Crippen LogP contribution in [0.3, 0.4) is 0 Å². The van der Waals surface area contributed by atoms with Crippen molar-refractivity contribution < 1.29 is 9.90 Å². The highest BCUT2D eigenvalue weighted by Crippen LogP contribution is 2.19. The van der Waals surface area contributed by atoms with Gasteiger partial charge >= 0.3 is 5.97 Å². The molecule has 1 N–H and O–H groups in total. The number of aryl methyl sites for hydroxylation is 1. The van der Waals surface area contributed by atoms with E-state index in [1.54, 1.807) is 11.9 Å². The molecule has 0 unspecified atom stereocenters. The molecule has 0 aliphatic carbocycles. The number of fused-ring (bicyclic) bond motifs is 1. The Kier molecular flexibility index (Phi) is 2.52. The molecule has 16 heavy (non-hydrogen) atoms. The zero-order valence-electron chi connectivity index (χ0n) is 9.21. The Morgan fingerprint density at radius 1 is 1.50 bits per heavy atom. The topological polar surface area (TPSA) is 58.4 Å². The normalized spacial score (nSPS) is 10.6. The molecule has 0 fully saturated rings. The van der Waals surface area contributed by atoms with E-state index in [0.29, 0.717) is 5.95 Å². The van der Waals surface area contributed by atoms with Crippen molar-refractivity contribution in [2.24, 2.45) is 7.05 Å². The van der Waals surface area contributed by atoms with Gasteiger partial charge in [-0.05, 0) is 12.1 Å². The van der Waals surface area contributed by atoms with Gasteiger partial charge in [0.1, 0.15) is 6.54 Å². The van der Waals surface area contributed by atoms with Crippen molar-refractivity contribution in [1.29, 1.82) is 0 Å². The molecule has 0 aliphatic heterocycles. The summed E-state index contributed by atoms with van der Waals surface area (Å²) in [6, 6.07) is 7.72. The van der Waals surface area contributed by atoms with Crippen LogP contribution in [0.5, 0.6) is 0 Å². The Balaban J connectivity index is 2.45. The molecule has 1 aromatic carbocycles. The van der Waals surface area contributed by atoms with Gasteiger partial charge in [0.2, 0.25) is 5.95 Å². The number of anilines is 1. The Morgan fingerprint density at radius 3 is 2.81 bits per heavy atom. The van der Waals surface area contributed by atoms with E-state index in [9.17, 15) is 4.79 Å². The Morgan fingerprint density at radius 2 is 2.19 bits per heavy atom. The van der Waals surface area contributed by atoms with E-state index in [1.807, 2.05) is 35.9 Å². The lowest BCUT2D eigenvalue weighted by molar-refractivity contribution is -0.135.